The lowest BCUT2D eigenvalue weighted by Crippen LogP contribution is -2.20. The Labute approximate surface area is 110 Å². The predicted molar refractivity (Wildman–Crippen MR) is 65.3 cm³/mol. The Morgan fingerprint density at radius 3 is 2.37 bits per heavy atom. The van der Waals surface area contributed by atoms with E-state index in [0.29, 0.717) is 18.4 Å². The van der Waals surface area contributed by atoms with Crippen LogP contribution in [0, 0.1) is 11.6 Å². The third-order valence-electron chi connectivity index (χ3n) is 3.66. The van der Waals surface area contributed by atoms with Gasteiger partial charge in [0.1, 0.15) is 11.6 Å². The maximum atomic E-state index is 13.9. The molecule has 1 aliphatic carbocycles. The molecule has 102 valence electrons. The maximum absolute atomic E-state index is 13.9. The average molecular weight is 267 g/mol. The summed E-state index contributed by atoms with van der Waals surface area (Å²) in [7, 11) is 1.38. The zero-order valence-electron chi connectivity index (χ0n) is 10.7. The van der Waals surface area contributed by atoms with Crippen LogP contribution in [0.2, 0.25) is 0 Å². The maximum Gasteiger partial charge on any atom is 0.235 e. The molecule has 1 aromatic carbocycles. The smallest absolute Gasteiger partial charge is 0.235 e. The molecule has 0 spiro atoms. The van der Waals surface area contributed by atoms with Gasteiger partial charge in [0.2, 0.25) is 6.08 Å². The highest BCUT2D eigenvalue weighted by atomic mass is 19.1. The highest BCUT2D eigenvalue weighted by Gasteiger charge is 2.36. The molecule has 0 unspecified atom stereocenters. The van der Waals surface area contributed by atoms with Crippen LogP contribution < -0.4 is 0 Å². The largest absolute Gasteiger partial charge is 0.380 e. The Kier molecular flexibility index (Phi) is 4.08. The molecule has 1 aliphatic rings. The lowest BCUT2D eigenvalue weighted by Gasteiger charge is -2.23. The minimum Gasteiger partial charge on any atom is -0.380 e. The molecule has 0 aromatic heterocycles. The molecule has 5 heteroatoms. The Morgan fingerprint density at radius 2 is 1.89 bits per heavy atom. The van der Waals surface area contributed by atoms with Crippen LogP contribution >= 0.6 is 0 Å². The number of hydrogen-bond donors (Lipinski definition) is 0. The fourth-order valence-corrected chi connectivity index (χ4v) is 2.67. The van der Waals surface area contributed by atoms with Gasteiger partial charge in [-0.3, -0.25) is 0 Å². The molecule has 0 heterocycles. The van der Waals surface area contributed by atoms with Crippen molar-refractivity contribution in [2.24, 2.45) is 4.99 Å². The van der Waals surface area contributed by atoms with E-state index in [4.69, 9.17) is 4.74 Å². The first kappa shape index (κ1) is 13.8. The topological polar surface area (TPSA) is 38.7 Å². The number of methoxy groups -OCH3 is 1. The molecule has 0 N–H and O–H groups in total. The van der Waals surface area contributed by atoms with E-state index in [0.717, 1.165) is 12.8 Å². The van der Waals surface area contributed by atoms with E-state index < -0.39 is 17.2 Å². The van der Waals surface area contributed by atoms with Crippen molar-refractivity contribution in [1.29, 1.82) is 0 Å². The summed E-state index contributed by atoms with van der Waals surface area (Å²) in [5.74, 6) is -1.33. The van der Waals surface area contributed by atoms with Gasteiger partial charge in [-0.15, -0.1) is 0 Å². The molecule has 0 radical (unpaired) electrons. The molecule has 19 heavy (non-hydrogen) atoms. The van der Waals surface area contributed by atoms with Crippen LogP contribution in [0.3, 0.4) is 0 Å². The van der Waals surface area contributed by atoms with E-state index in [1.54, 1.807) is 0 Å². The second-order valence-electron chi connectivity index (χ2n) is 4.79. The minimum absolute atomic E-state index is 0.102. The summed E-state index contributed by atoms with van der Waals surface area (Å²) in [5.41, 5.74) is -0.507. The molecule has 0 amide bonds. The van der Waals surface area contributed by atoms with Gasteiger partial charge in [0.15, 0.2) is 0 Å². The molecule has 2 rings (SSSR count). The average Bonchev–Trinajstić information content (AvgIpc) is 2.84. The summed E-state index contributed by atoms with van der Waals surface area (Å²) < 4.78 is 32.6. The van der Waals surface area contributed by atoms with Crippen molar-refractivity contribution in [1.82, 2.24) is 0 Å². The third kappa shape index (κ3) is 2.57. The minimum atomic E-state index is -0.810. The lowest BCUT2D eigenvalue weighted by atomic mass is 9.88. The van der Waals surface area contributed by atoms with Crippen molar-refractivity contribution in [3.05, 3.63) is 34.9 Å². The predicted octanol–water partition coefficient (Wildman–Crippen LogP) is 3.22. The van der Waals surface area contributed by atoms with Gasteiger partial charge in [-0.05, 0) is 30.5 Å². The van der Waals surface area contributed by atoms with Crippen LogP contribution in [0.5, 0.6) is 0 Å². The number of benzene rings is 1. The second kappa shape index (κ2) is 5.59. The van der Waals surface area contributed by atoms with Gasteiger partial charge in [0, 0.05) is 12.7 Å². The van der Waals surface area contributed by atoms with E-state index in [1.165, 1.54) is 25.3 Å². The van der Waals surface area contributed by atoms with Crippen LogP contribution in [-0.2, 0) is 21.7 Å². The number of rotatable bonds is 4. The summed E-state index contributed by atoms with van der Waals surface area (Å²) >= 11 is 0. The number of aliphatic imine (C=N–C) groups is 1. The van der Waals surface area contributed by atoms with Crippen LogP contribution in [0.25, 0.3) is 0 Å². The first-order valence-corrected chi connectivity index (χ1v) is 6.19. The van der Waals surface area contributed by atoms with Gasteiger partial charge in [-0.25, -0.2) is 13.6 Å². The summed E-state index contributed by atoms with van der Waals surface area (Å²) in [6, 6.07) is 2.51. The number of halogens is 2. The van der Waals surface area contributed by atoms with Crippen molar-refractivity contribution in [2.45, 2.75) is 37.8 Å². The van der Waals surface area contributed by atoms with Gasteiger partial charge in [-0.1, -0.05) is 12.8 Å². The summed E-state index contributed by atoms with van der Waals surface area (Å²) in [5, 5.41) is 0. The van der Waals surface area contributed by atoms with Gasteiger partial charge in [0.25, 0.3) is 0 Å². The quantitative estimate of drug-likeness (QED) is 0.620. The molecule has 3 nitrogen and oxygen atoms in total. The van der Waals surface area contributed by atoms with Crippen molar-refractivity contribution in [3.63, 3.8) is 0 Å². The van der Waals surface area contributed by atoms with Crippen LogP contribution in [0.1, 0.15) is 36.8 Å². The van der Waals surface area contributed by atoms with Gasteiger partial charge < -0.3 is 4.74 Å². The van der Waals surface area contributed by atoms with Crippen molar-refractivity contribution >= 4 is 6.08 Å². The fraction of sp³-hybridized carbons (Fsp3) is 0.500. The molecule has 0 saturated heterocycles. The fourth-order valence-electron chi connectivity index (χ4n) is 2.67. The number of nitrogens with zero attached hydrogens (tertiary/aromatic N) is 1. The monoisotopic (exact) mass is 267 g/mol. The van der Waals surface area contributed by atoms with E-state index >= 15 is 0 Å². The lowest BCUT2D eigenvalue weighted by molar-refractivity contribution is 0.177. The van der Waals surface area contributed by atoms with Crippen molar-refractivity contribution in [3.8, 4) is 0 Å². The highest BCUT2D eigenvalue weighted by Crippen LogP contribution is 2.42. The first-order valence-electron chi connectivity index (χ1n) is 6.19. The van der Waals surface area contributed by atoms with E-state index in [1.807, 2.05) is 0 Å². The molecule has 1 aromatic rings. The Hall–Kier alpha value is -1.58. The molecule has 0 aliphatic heterocycles. The molecular formula is C14H15F2NO2. The zero-order valence-corrected chi connectivity index (χ0v) is 10.7. The third-order valence-corrected chi connectivity index (χ3v) is 3.66. The number of carbonyl (C=O) groups excluding carboxylic acids is 1. The normalized spacial score (nSPS) is 17.2. The standard InChI is InChI=1S/C14H15F2NO2/c1-19-8-11-12(15)6-10(7-13(11)16)14(17-9-18)4-2-3-5-14/h6-7H,2-5,8H2,1H3. The molecule has 1 saturated carbocycles. The van der Waals surface area contributed by atoms with Crippen LogP contribution in [0.4, 0.5) is 8.78 Å². The highest BCUT2D eigenvalue weighted by molar-refractivity contribution is 5.40. The van der Waals surface area contributed by atoms with Crippen LogP contribution in [0.15, 0.2) is 17.1 Å². The molecule has 0 bridgehead atoms. The number of hydrogen-bond acceptors (Lipinski definition) is 3. The van der Waals surface area contributed by atoms with Gasteiger partial charge in [0.05, 0.1) is 12.1 Å². The second-order valence-corrected chi connectivity index (χ2v) is 4.79. The van der Waals surface area contributed by atoms with Gasteiger partial charge >= 0.3 is 0 Å². The Morgan fingerprint density at radius 1 is 1.32 bits per heavy atom. The van der Waals surface area contributed by atoms with E-state index in [2.05, 4.69) is 4.99 Å². The summed E-state index contributed by atoms with van der Waals surface area (Å²) in [6.07, 6.45) is 4.53. The Bertz CT molecular complexity index is 495. The van der Waals surface area contributed by atoms with E-state index in [-0.39, 0.29) is 12.2 Å². The summed E-state index contributed by atoms with van der Waals surface area (Å²) in [6.45, 7) is -0.123. The molecule has 1 fully saturated rings. The number of isocyanates is 1. The van der Waals surface area contributed by atoms with Crippen molar-refractivity contribution in [2.75, 3.05) is 7.11 Å². The number of ether oxygens (including phenoxy) is 1. The van der Waals surface area contributed by atoms with Gasteiger partial charge in [-0.2, -0.15) is 4.99 Å². The molecule has 0 atom stereocenters. The molecular weight excluding hydrogens is 252 g/mol. The van der Waals surface area contributed by atoms with Crippen LogP contribution in [-0.4, -0.2) is 13.2 Å². The summed E-state index contributed by atoms with van der Waals surface area (Å²) in [4.78, 5) is 14.4. The first-order chi connectivity index (χ1) is 9.13. The SMILES string of the molecule is COCc1c(F)cc(C2(N=C=O)CCCC2)cc1F. The zero-order chi connectivity index (χ0) is 13.9. The van der Waals surface area contributed by atoms with Crippen molar-refractivity contribution < 1.29 is 18.3 Å². The van der Waals surface area contributed by atoms with E-state index in [9.17, 15) is 13.6 Å². The Balaban J connectivity index is 2.48.